The minimum Gasteiger partial charge on any atom is -0.487 e. The molecule has 0 aliphatic rings. The second-order valence-electron chi connectivity index (χ2n) is 5.64. The SMILES string of the molecule is CC(C)Oc1ccccc1Oc1cscc1-c1ccccc1[N+](=O)[O-]. The predicted molar refractivity (Wildman–Crippen MR) is 98.7 cm³/mol. The number of thiophene rings is 1. The number of ether oxygens (including phenoxy) is 2. The summed E-state index contributed by atoms with van der Waals surface area (Å²) in [7, 11) is 0. The summed E-state index contributed by atoms with van der Waals surface area (Å²) in [4.78, 5) is 10.9. The standard InChI is InChI=1S/C19H17NO4S/c1-13(2)23-17-9-5-6-10-18(17)24-19-12-25-11-15(19)14-7-3-4-8-16(14)20(21)22/h3-13H,1-2H3. The van der Waals surface area contributed by atoms with Gasteiger partial charge in [0.25, 0.3) is 5.69 Å². The van der Waals surface area contributed by atoms with Crippen LogP contribution in [-0.4, -0.2) is 11.0 Å². The second kappa shape index (κ2) is 7.36. The van der Waals surface area contributed by atoms with E-state index in [9.17, 15) is 10.1 Å². The van der Waals surface area contributed by atoms with Gasteiger partial charge in [-0.15, -0.1) is 11.3 Å². The number of nitro groups is 1. The zero-order valence-corrected chi connectivity index (χ0v) is 14.7. The number of nitro benzene ring substituents is 1. The molecule has 0 saturated carbocycles. The van der Waals surface area contributed by atoms with Gasteiger partial charge < -0.3 is 9.47 Å². The average Bonchev–Trinajstić information content (AvgIpc) is 3.04. The Labute approximate surface area is 149 Å². The van der Waals surface area contributed by atoms with Gasteiger partial charge in [-0.25, -0.2) is 0 Å². The lowest BCUT2D eigenvalue weighted by atomic mass is 10.1. The first kappa shape index (κ1) is 17.0. The van der Waals surface area contributed by atoms with Crippen molar-refractivity contribution in [2.45, 2.75) is 20.0 Å². The second-order valence-corrected chi connectivity index (χ2v) is 6.38. The zero-order valence-electron chi connectivity index (χ0n) is 13.8. The molecule has 0 aliphatic heterocycles. The van der Waals surface area contributed by atoms with Crippen LogP contribution in [0.1, 0.15) is 13.8 Å². The van der Waals surface area contributed by atoms with Gasteiger partial charge in [-0.05, 0) is 32.0 Å². The summed E-state index contributed by atoms with van der Waals surface area (Å²) >= 11 is 1.43. The normalized spacial score (nSPS) is 10.7. The molecule has 1 heterocycles. The Balaban J connectivity index is 1.98. The van der Waals surface area contributed by atoms with Crippen molar-refractivity contribution in [2.24, 2.45) is 0 Å². The molecule has 6 heteroatoms. The summed E-state index contributed by atoms with van der Waals surface area (Å²) in [5.74, 6) is 1.78. The Morgan fingerprint density at radius 3 is 2.32 bits per heavy atom. The fourth-order valence-corrected chi connectivity index (χ4v) is 3.17. The van der Waals surface area contributed by atoms with Crippen LogP contribution < -0.4 is 9.47 Å². The molecule has 0 unspecified atom stereocenters. The maximum atomic E-state index is 11.3. The van der Waals surface area contributed by atoms with Crippen molar-refractivity contribution in [2.75, 3.05) is 0 Å². The van der Waals surface area contributed by atoms with Crippen LogP contribution in [0.15, 0.2) is 59.3 Å². The van der Waals surface area contributed by atoms with Crippen molar-refractivity contribution in [3.05, 3.63) is 69.4 Å². The van der Waals surface area contributed by atoms with Crippen LogP contribution in [-0.2, 0) is 0 Å². The Kier molecular flexibility index (Phi) is 5.00. The molecule has 0 N–H and O–H groups in total. The number of hydrogen-bond donors (Lipinski definition) is 0. The van der Waals surface area contributed by atoms with Crippen molar-refractivity contribution in [1.29, 1.82) is 0 Å². The average molecular weight is 355 g/mol. The summed E-state index contributed by atoms with van der Waals surface area (Å²) in [6.45, 7) is 3.89. The first-order valence-corrected chi connectivity index (χ1v) is 8.74. The van der Waals surface area contributed by atoms with Gasteiger partial charge >= 0.3 is 0 Å². The van der Waals surface area contributed by atoms with Crippen LogP contribution >= 0.6 is 11.3 Å². The Hall–Kier alpha value is -2.86. The largest absolute Gasteiger partial charge is 0.487 e. The molecule has 0 amide bonds. The van der Waals surface area contributed by atoms with Crippen molar-refractivity contribution < 1.29 is 14.4 Å². The topological polar surface area (TPSA) is 61.6 Å². The van der Waals surface area contributed by atoms with Gasteiger partial charge in [0.15, 0.2) is 11.5 Å². The fourth-order valence-electron chi connectivity index (χ4n) is 2.43. The lowest BCUT2D eigenvalue weighted by Gasteiger charge is -2.15. The Bertz CT molecular complexity index is 888. The Morgan fingerprint density at radius 1 is 0.920 bits per heavy atom. The van der Waals surface area contributed by atoms with Crippen molar-refractivity contribution in [3.63, 3.8) is 0 Å². The lowest BCUT2D eigenvalue weighted by Crippen LogP contribution is -2.06. The third-order valence-corrected chi connectivity index (χ3v) is 4.17. The summed E-state index contributed by atoms with van der Waals surface area (Å²) < 4.78 is 11.8. The lowest BCUT2D eigenvalue weighted by molar-refractivity contribution is -0.384. The molecule has 3 rings (SSSR count). The highest BCUT2D eigenvalue weighted by molar-refractivity contribution is 7.08. The van der Waals surface area contributed by atoms with Gasteiger partial charge in [-0.2, -0.15) is 0 Å². The number of hydrogen-bond acceptors (Lipinski definition) is 5. The van der Waals surface area contributed by atoms with E-state index in [0.29, 0.717) is 28.4 Å². The number of benzene rings is 2. The van der Waals surface area contributed by atoms with E-state index in [1.165, 1.54) is 17.4 Å². The first-order valence-electron chi connectivity index (χ1n) is 7.79. The molecule has 0 saturated heterocycles. The molecule has 0 bridgehead atoms. The molecule has 0 aliphatic carbocycles. The number of para-hydroxylation sites is 3. The van der Waals surface area contributed by atoms with E-state index >= 15 is 0 Å². The van der Waals surface area contributed by atoms with Gasteiger partial charge in [-0.1, -0.05) is 24.3 Å². The summed E-state index contributed by atoms with van der Waals surface area (Å²) in [6.07, 6.45) is 0.0157. The summed E-state index contributed by atoms with van der Waals surface area (Å²) in [5, 5.41) is 15.0. The van der Waals surface area contributed by atoms with E-state index in [2.05, 4.69) is 0 Å². The van der Waals surface area contributed by atoms with E-state index in [4.69, 9.17) is 9.47 Å². The van der Waals surface area contributed by atoms with E-state index in [1.807, 2.05) is 48.9 Å². The minimum absolute atomic E-state index is 0.0157. The molecule has 1 aromatic heterocycles. The third kappa shape index (κ3) is 3.80. The van der Waals surface area contributed by atoms with Crippen molar-refractivity contribution in [1.82, 2.24) is 0 Å². The maximum absolute atomic E-state index is 11.3. The van der Waals surface area contributed by atoms with Crippen LogP contribution in [0, 0.1) is 10.1 Å². The minimum atomic E-state index is -0.382. The maximum Gasteiger partial charge on any atom is 0.277 e. The summed E-state index contributed by atoms with van der Waals surface area (Å²) in [5.41, 5.74) is 1.28. The van der Waals surface area contributed by atoms with Crippen LogP contribution in [0.3, 0.4) is 0 Å². The molecule has 0 fully saturated rings. The molecule has 128 valence electrons. The van der Waals surface area contributed by atoms with Crippen LogP contribution in [0.25, 0.3) is 11.1 Å². The van der Waals surface area contributed by atoms with Crippen LogP contribution in [0.2, 0.25) is 0 Å². The molecule has 0 spiro atoms. The van der Waals surface area contributed by atoms with E-state index in [1.54, 1.807) is 18.2 Å². The highest BCUT2D eigenvalue weighted by Crippen LogP contribution is 2.42. The highest BCUT2D eigenvalue weighted by Gasteiger charge is 2.19. The molecular weight excluding hydrogens is 338 g/mol. The molecule has 3 aromatic rings. The fraction of sp³-hybridized carbons (Fsp3) is 0.158. The monoisotopic (exact) mass is 355 g/mol. The molecule has 2 aromatic carbocycles. The zero-order chi connectivity index (χ0) is 17.8. The van der Waals surface area contributed by atoms with Gasteiger partial charge in [0.05, 0.1) is 16.6 Å². The third-order valence-electron chi connectivity index (χ3n) is 3.45. The molecule has 0 radical (unpaired) electrons. The van der Waals surface area contributed by atoms with Crippen molar-refractivity contribution in [3.8, 4) is 28.4 Å². The van der Waals surface area contributed by atoms with Gasteiger partial charge in [0.2, 0.25) is 0 Å². The van der Waals surface area contributed by atoms with Gasteiger partial charge in [0.1, 0.15) is 5.75 Å². The quantitative estimate of drug-likeness (QED) is 0.408. The predicted octanol–water partition coefficient (Wildman–Crippen LogP) is 5.90. The van der Waals surface area contributed by atoms with Crippen LogP contribution in [0.5, 0.6) is 17.2 Å². The molecular formula is C19H17NO4S. The summed E-state index contributed by atoms with van der Waals surface area (Å²) in [6, 6.07) is 14.0. The number of nitrogens with zero attached hydrogens (tertiary/aromatic N) is 1. The van der Waals surface area contributed by atoms with E-state index in [0.717, 1.165) is 0 Å². The van der Waals surface area contributed by atoms with Gasteiger partial charge in [-0.3, -0.25) is 10.1 Å². The molecule has 5 nitrogen and oxygen atoms in total. The number of rotatable bonds is 6. The van der Waals surface area contributed by atoms with Gasteiger partial charge in [0, 0.05) is 22.4 Å². The van der Waals surface area contributed by atoms with E-state index < -0.39 is 0 Å². The molecule has 0 atom stereocenters. The van der Waals surface area contributed by atoms with Crippen LogP contribution in [0.4, 0.5) is 5.69 Å². The van der Waals surface area contributed by atoms with E-state index in [-0.39, 0.29) is 16.7 Å². The van der Waals surface area contributed by atoms with Crippen molar-refractivity contribution >= 4 is 17.0 Å². The first-order chi connectivity index (χ1) is 12.1. The Morgan fingerprint density at radius 2 is 1.60 bits per heavy atom. The highest BCUT2D eigenvalue weighted by atomic mass is 32.1. The smallest absolute Gasteiger partial charge is 0.277 e. The molecule has 25 heavy (non-hydrogen) atoms.